The van der Waals surface area contributed by atoms with Crippen LogP contribution in [0.25, 0.3) is 0 Å². The third-order valence-electron chi connectivity index (χ3n) is 1.16. The minimum absolute atomic E-state index is 0.310. The van der Waals surface area contributed by atoms with E-state index in [-0.39, 0.29) is 6.04 Å². The monoisotopic (exact) mass is 301 g/mol. The molecule has 0 aromatic carbocycles. The van der Waals surface area contributed by atoms with Crippen molar-refractivity contribution < 1.29 is 14.6 Å². The van der Waals surface area contributed by atoms with Crippen LogP contribution in [0.15, 0.2) is 0 Å². The molecule has 0 aromatic rings. The number of hydrogen-bond donors (Lipinski definition) is 2. The van der Waals surface area contributed by atoms with Crippen molar-refractivity contribution in [3.63, 3.8) is 0 Å². The number of carbonyl (C=O) groups is 1. The van der Waals surface area contributed by atoms with Gasteiger partial charge in [0.25, 0.3) is 0 Å². The van der Waals surface area contributed by atoms with Crippen molar-refractivity contribution in [2.24, 2.45) is 0 Å². The van der Waals surface area contributed by atoms with Crippen LogP contribution in [0.4, 0.5) is 4.79 Å². The molecule has 2 atom stereocenters. The summed E-state index contributed by atoms with van der Waals surface area (Å²) in [4.78, 5) is 11.1. The second kappa shape index (κ2) is 4.99. The van der Waals surface area contributed by atoms with Gasteiger partial charge in [-0.3, -0.25) is 0 Å². The van der Waals surface area contributed by atoms with Crippen LogP contribution >= 0.6 is 22.6 Å². The average Bonchev–Trinajstić information content (AvgIpc) is 1.81. The van der Waals surface area contributed by atoms with Crippen LogP contribution in [0.3, 0.4) is 0 Å². The molecule has 0 radical (unpaired) electrons. The second-order valence-electron chi connectivity index (χ2n) is 3.81. The Hall–Kier alpha value is -0.0400. The van der Waals surface area contributed by atoms with Gasteiger partial charge in [0.05, 0.1) is 6.04 Å². The molecule has 0 aliphatic heterocycles. The Labute approximate surface area is 92.2 Å². The van der Waals surface area contributed by atoms with Gasteiger partial charge in [-0.05, 0) is 50.3 Å². The second-order valence-corrected chi connectivity index (χ2v) is 5.08. The molecule has 0 heterocycles. The molecule has 0 aliphatic carbocycles. The molecule has 13 heavy (non-hydrogen) atoms. The van der Waals surface area contributed by atoms with E-state index in [2.05, 4.69) is 5.32 Å². The topological polar surface area (TPSA) is 58.6 Å². The van der Waals surface area contributed by atoms with E-state index >= 15 is 0 Å². The quantitative estimate of drug-likeness (QED) is 0.602. The van der Waals surface area contributed by atoms with Crippen LogP contribution < -0.4 is 5.32 Å². The molecule has 0 spiro atoms. The maximum Gasteiger partial charge on any atom is 0.407 e. The number of carbonyl (C=O) groups excluding carboxylic acids is 1. The zero-order valence-corrected chi connectivity index (χ0v) is 10.5. The summed E-state index contributed by atoms with van der Waals surface area (Å²) in [6, 6.07) is -0.310. The summed E-state index contributed by atoms with van der Waals surface area (Å²) in [5, 5.41) is 11.6. The summed E-state index contributed by atoms with van der Waals surface area (Å²) in [7, 11) is 0. The number of rotatable bonds is 2. The molecule has 0 bridgehead atoms. The van der Waals surface area contributed by atoms with Crippen molar-refractivity contribution in [1.82, 2.24) is 5.32 Å². The van der Waals surface area contributed by atoms with Crippen LogP contribution in [0.1, 0.15) is 27.7 Å². The normalized spacial score (nSPS) is 16.2. The molecule has 0 aliphatic rings. The molecule has 0 fully saturated rings. The lowest BCUT2D eigenvalue weighted by molar-refractivity contribution is 0.0484. The predicted molar refractivity (Wildman–Crippen MR) is 58.9 cm³/mol. The van der Waals surface area contributed by atoms with Crippen molar-refractivity contribution in [2.75, 3.05) is 0 Å². The number of halogens is 1. The highest BCUT2D eigenvalue weighted by Crippen LogP contribution is 2.08. The first-order valence-corrected chi connectivity index (χ1v) is 5.28. The van der Waals surface area contributed by atoms with Crippen molar-refractivity contribution in [3.05, 3.63) is 0 Å². The summed E-state index contributed by atoms with van der Waals surface area (Å²) in [5.41, 5.74) is -0.500. The van der Waals surface area contributed by atoms with Crippen molar-refractivity contribution in [3.8, 4) is 0 Å². The number of alkyl carbamates (subject to hydrolysis) is 1. The summed E-state index contributed by atoms with van der Waals surface area (Å²) >= 11 is 1.82. The fraction of sp³-hybridized carbons (Fsp3) is 0.875. The van der Waals surface area contributed by atoms with E-state index in [1.165, 1.54) is 0 Å². The lowest BCUT2D eigenvalue weighted by Crippen LogP contribution is -2.41. The Kier molecular flexibility index (Phi) is 4.98. The average molecular weight is 301 g/mol. The number of aliphatic hydroxyl groups excluding tert-OH is 1. The molecular formula is C8H16INO3. The molecule has 2 N–H and O–H groups in total. The molecule has 1 amide bonds. The summed E-state index contributed by atoms with van der Waals surface area (Å²) < 4.78 is 4.39. The number of ether oxygens (including phenoxy) is 1. The zero-order valence-electron chi connectivity index (χ0n) is 8.30. The Balaban J connectivity index is 3.89. The van der Waals surface area contributed by atoms with E-state index in [0.29, 0.717) is 0 Å². The molecule has 78 valence electrons. The SMILES string of the molecule is CC(NC(=O)OC(C)(C)C)C(O)I. The maximum absolute atomic E-state index is 11.1. The summed E-state index contributed by atoms with van der Waals surface area (Å²) in [6.45, 7) is 7.08. The Morgan fingerprint density at radius 1 is 1.54 bits per heavy atom. The van der Waals surface area contributed by atoms with Crippen molar-refractivity contribution in [1.29, 1.82) is 0 Å². The summed E-state index contributed by atoms with van der Waals surface area (Å²) in [5.74, 6) is 0. The van der Waals surface area contributed by atoms with Gasteiger partial charge in [0.15, 0.2) is 0 Å². The van der Waals surface area contributed by atoms with Gasteiger partial charge in [-0.15, -0.1) is 0 Å². The number of hydrogen-bond acceptors (Lipinski definition) is 3. The van der Waals surface area contributed by atoms with Gasteiger partial charge in [-0.25, -0.2) is 4.79 Å². The molecular weight excluding hydrogens is 285 g/mol. The van der Waals surface area contributed by atoms with Crippen LogP contribution in [-0.4, -0.2) is 27.0 Å². The van der Waals surface area contributed by atoms with E-state index in [0.717, 1.165) is 0 Å². The molecule has 0 rings (SSSR count). The van der Waals surface area contributed by atoms with Gasteiger partial charge in [0, 0.05) is 0 Å². The highest BCUT2D eigenvalue weighted by Gasteiger charge is 2.19. The van der Waals surface area contributed by atoms with Gasteiger partial charge in [-0.1, -0.05) is 0 Å². The molecule has 5 heteroatoms. The number of nitrogens with one attached hydrogen (secondary N) is 1. The number of amides is 1. The van der Waals surface area contributed by atoms with Crippen LogP contribution in [0.2, 0.25) is 0 Å². The lowest BCUT2D eigenvalue weighted by Gasteiger charge is -2.22. The maximum atomic E-state index is 11.1. The van der Waals surface area contributed by atoms with Gasteiger partial charge in [0.2, 0.25) is 0 Å². The molecule has 0 aromatic heterocycles. The summed E-state index contributed by atoms with van der Waals surface area (Å²) in [6.07, 6.45) is -0.504. The highest BCUT2D eigenvalue weighted by atomic mass is 127. The van der Waals surface area contributed by atoms with Crippen molar-refractivity contribution in [2.45, 2.75) is 43.4 Å². The van der Waals surface area contributed by atoms with Crippen LogP contribution in [0, 0.1) is 0 Å². The Morgan fingerprint density at radius 3 is 2.31 bits per heavy atom. The third-order valence-corrected chi connectivity index (χ3v) is 2.24. The first-order valence-electron chi connectivity index (χ1n) is 4.04. The third kappa shape index (κ3) is 7.06. The predicted octanol–water partition coefficient (Wildman–Crippen LogP) is 1.65. The van der Waals surface area contributed by atoms with E-state index in [9.17, 15) is 4.79 Å². The minimum atomic E-state index is -0.606. The largest absolute Gasteiger partial charge is 0.444 e. The van der Waals surface area contributed by atoms with E-state index < -0.39 is 15.8 Å². The molecule has 4 nitrogen and oxygen atoms in total. The van der Waals surface area contributed by atoms with Gasteiger partial charge in [-0.2, -0.15) is 0 Å². The van der Waals surface area contributed by atoms with Gasteiger partial charge >= 0.3 is 6.09 Å². The number of aliphatic hydroxyl groups is 1. The van der Waals surface area contributed by atoms with Crippen LogP contribution in [-0.2, 0) is 4.74 Å². The smallest absolute Gasteiger partial charge is 0.407 e. The first kappa shape index (κ1) is 13.0. The fourth-order valence-electron chi connectivity index (χ4n) is 0.562. The van der Waals surface area contributed by atoms with Gasteiger partial charge < -0.3 is 15.2 Å². The van der Waals surface area contributed by atoms with E-state index in [1.54, 1.807) is 27.7 Å². The minimum Gasteiger partial charge on any atom is -0.444 e. The zero-order chi connectivity index (χ0) is 10.6. The molecule has 2 unspecified atom stereocenters. The highest BCUT2D eigenvalue weighted by molar-refractivity contribution is 14.1. The number of alkyl halides is 1. The lowest BCUT2D eigenvalue weighted by atomic mass is 10.2. The van der Waals surface area contributed by atoms with Crippen LogP contribution in [0.5, 0.6) is 0 Å². The van der Waals surface area contributed by atoms with E-state index in [4.69, 9.17) is 9.84 Å². The Morgan fingerprint density at radius 2 is 2.00 bits per heavy atom. The van der Waals surface area contributed by atoms with Gasteiger partial charge in [0.1, 0.15) is 9.71 Å². The Bertz CT molecular complexity index is 177. The molecule has 0 saturated heterocycles. The van der Waals surface area contributed by atoms with Crippen molar-refractivity contribution >= 4 is 28.7 Å². The standard InChI is InChI=1S/C8H16INO3/c1-5(6(9)11)10-7(12)13-8(2,3)4/h5-6,11H,1-4H3,(H,10,12). The first-order chi connectivity index (χ1) is 5.72. The van der Waals surface area contributed by atoms with E-state index in [1.807, 2.05) is 22.6 Å². The molecule has 0 saturated carbocycles. The fourth-order valence-corrected chi connectivity index (χ4v) is 0.742.